The first-order valence-corrected chi connectivity index (χ1v) is 11.0. The fourth-order valence-corrected chi connectivity index (χ4v) is 4.74. The lowest BCUT2D eigenvalue weighted by molar-refractivity contribution is 0.0767. The number of amides is 1. The maximum absolute atomic E-state index is 12.6. The number of pyridine rings is 1. The Kier molecular flexibility index (Phi) is 5.91. The van der Waals surface area contributed by atoms with E-state index in [1.807, 2.05) is 32.2 Å². The van der Waals surface area contributed by atoms with Gasteiger partial charge >= 0.3 is 0 Å². The Morgan fingerprint density at radius 3 is 2.57 bits per heavy atom. The van der Waals surface area contributed by atoms with Crippen molar-refractivity contribution in [2.75, 3.05) is 33.3 Å². The van der Waals surface area contributed by atoms with Crippen LogP contribution in [0.25, 0.3) is 5.57 Å². The molecule has 0 radical (unpaired) electrons. The molecular weight excluding hydrogens is 374 g/mol. The molecule has 158 valence electrons. The van der Waals surface area contributed by atoms with E-state index in [0.29, 0.717) is 18.8 Å². The smallest absolute Gasteiger partial charge is 0.272 e. The molecule has 1 aliphatic carbocycles. The molecule has 2 aromatic rings. The highest BCUT2D eigenvalue weighted by atomic mass is 16.5. The molecule has 0 saturated carbocycles. The van der Waals surface area contributed by atoms with Gasteiger partial charge in [-0.25, -0.2) is 0 Å². The van der Waals surface area contributed by atoms with Crippen molar-refractivity contribution >= 4 is 11.5 Å². The second kappa shape index (κ2) is 8.60. The van der Waals surface area contributed by atoms with E-state index in [2.05, 4.69) is 34.6 Å². The van der Waals surface area contributed by atoms with E-state index in [9.17, 15) is 4.79 Å². The Hall–Kier alpha value is -2.66. The van der Waals surface area contributed by atoms with Gasteiger partial charge in [-0.05, 0) is 86.5 Å². The summed E-state index contributed by atoms with van der Waals surface area (Å²) in [5, 5.41) is 3.49. The van der Waals surface area contributed by atoms with Gasteiger partial charge in [-0.2, -0.15) is 0 Å². The zero-order valence-corrected chi connectivity index (χ0v) is 18.2. The van der Waals surface area contributed by atoms with Gasteiger partial charge in [0.2, 0.25) is 0 Å². The predicted octanol–water partition coefficient (Wildman–Crippen LogP) is 3.93. The first-order valence-electron chi connectivity index (χ1n) is 11.0. The van der Waals surface area contributed by atoms with E-state index in [1.165, 1.54) is 16.7 Å². The molecule has 2 aliphatic rings. The first-order chi connectivity index (χ1) is 14.6. The highest BCUT2D eigenvalue weighted by molar-refractivity contribution is 5.93. The van der Waals surface area contributed by atoms with E-state index in [0.717, 1.165) is 43.7 Å². The minimum Gasteiger partial charge on any atom is -0.497 e. The third-order valence-corrected chi connectivity index (χ3v) is 6.54. The number of rotatable bonds is 5. The molecule has 1 amide bonds. The molecule has 30 heavy (non-hydrogen) atoms. The average Bonchev–Trinajstić information content (AvgIpc) is 2.79. The van der Waals surface area contributed by atoms with Crippen molar-refractivity contribution in [3.05, 3.63) is 65.0 Å². The van der Waals surface area contributed by atoms with E-state index < -0.39 is 0 Å². The van der Waals surface area contributed by atoms with Gasteiger partial charge in [0.15, 0.2) is 0 Å². The minimum atomic E-state index is -0.0129. The number of hydrogen-bond acceptors (Lipinski definition) is 4. The van der Waals surface area contributed by atoms with E-state index in [1.54, 1.807) is 12.0 Å². The lowest BCUT2D eigenvalue weighted by Crippen LogP contribution is -2.38. The van der Waals surface area contributed by atoms with Crippen molar-refractivity contribution in [3.8, 4) is 5.75 Å². The Labute approximate surface area is 179 Å². The van der Waals surface area contributed by atoms with Crippen LogP contribution in [-0.4, -0.2) is 49.1 Å². The first kappa shape index (κ1) is 20.6. The van der Waals surface area contributed by atoms with Crippen molar-refractivity contribution < 1.29 is 9.53 Å². The number of carbonyl (C=O) groups excluding carboxylic acids is 1. The van der Waals surface area contributed by atoms with Crippen LogP contribution < -0.4 is 10.1 Å². The van der Waals surface area contributed by atoms with Crippen molar-refractivity contribution in [2.45, 2.75) is 33.1 Å². The number of nitrogens with zero attached hydrogens (tertiary/aromatic N) is 2. The summed E-state index contributed by atoms with van der Waals surface area (Å²) in [4.78, 5) is 19.0. The molecule has 1 aromatic heterocycles. The van der Waals surface area contributed by atoms with Gasteiger partial charge < -0.3 is 15.0 Å². The number of piperidine rings is 1. The number of allylic oxidation sites excluding steroid dienone is 1. The van der Waals surface area contributed by atoms with Gasteiger partial charge in [0.05, 0.1) is 7.11 Å². The summed E-state index contributed by atoms with van der Waals surface area (Å²) in [6.45, 7) is 7.45. The standard InChI is InChI=1S/C25H31N3O2/c1-4-28(5-2)24(29)23-9-7-19(17-27-23)22-16-25(10-12-26-13-11-25)15-18-6-8-20(30-3)14-21(18)22/h6-9,14,16-17,26H,4-5,10-13,15H2,1-3H3. The van der Waals surface area contributed by atoms with Crippen LogP contribution in [0.2, 0.25) is 0 Å². The molecule has 1 N–H and O–H groups in total. The molecule has 0 bridgehead atoms. The zero-order valence-electron chi connectivity index (χ0n) is 18.2. The van der Waals surface area contributed by atoms with Crippen LogP contribution in [-0.2, 0) is 6.42 Å². The number of ether oxygens (including phenoxy) is 1. The van der Waals surface area contributed by atoms with Crippen LogP contribution in [0.3, 0.4) is 0 Å². The maximum Gasteiger partial charge on any atom is 0.272 e. The normalized spacial score (nSPS) is 17.2. The molecule has 4 rings (SSSR count). The molecule has 1 fully saturated rings. The number of hydrogen-bond donors (Lipinski definition) is 1. The van der Waals surface area contributed by atoms with Gasteiger partial charge in [0, 0.05) is 24.8 Å². The summed E-state index contributed by atoms with van der Waals surface area (Å²) in [7, 11) is 1.71. The number of nitrogens with one attached hydrogen (secondary N) is 1. The molecular formula is C25H31N3O2. The SMILES string of the molecule is CCN(CC)C(=O)c1ccc(C2=CC3(CCNCC3)Cc3ccc(OC)cc32)cn1. The van der Waals surface area contributed by atoms with Crippen molar-refractivity contribution in [1.82, 2.24) is 15.2 Å². The fraction of sp³-hybridized carbons (Fsp3) is 0.440. The largest absolute Gasteiger partial charge is 0.497 e. The summed E-state index contributed by atoms with van der Waals surface area (Å²) < 4.78 is 5.50. The Morgan fingerprint density at radius 2 is 1.93 bits per heavy atom. The van der Waals surface area contributed by atoms with Crippen molar-refractivity contribution in [1.29, 1.82) is 0 Å². The van der Waals surface area contributed by atoms with E-state index >= 15 is 0 Å². The van der Waals surface area contributed by atoms with Gasteiger partial charge in [-0.3, -0.25) is 9.78 Å². The third kappa shape index (κ3) is 3.86. The Bertz CT molecular complexity index is 939. The highest BCUT2D eigenvalue weighted by Crippen LogP contribution is 2.45. The number of benzene rings is 1. The monoisotopic (exact) mass is 405 g/mol. The number of fused-ring (bicyclic) bond motifs is 1. The number of methoxy groups -OCH3 is 1. The lowest BCUT2D eigenvalue weighted by atomic mass is 9.67. The Balaban J connectivity index is 1.74. The van der Waals surface area contributed by atoms with Crippen LogP contribution in [0.5, 0.6) is 5.75 Å². The maximum atomic E-state index is 12.6. The van der Waals surface area contributed by atoms with E-state index in [-0.39, 0.29) is 11.3 Å². The molecule has 1 aromatic carbocycles. The summed E-state index contributed by atoms with van der Waals surface area (Å²) in [6.07, 6.45) is 7.63. The minimum absolute atomic E-state index is 0.0129. The van der Waals surface area contributed by atoms with Crippen LogP contribution in [0.1, 0.15) is 53.9 Å². The summed E-state index contributed by atoms with van der Waals surface area (Å²) in [5.41, 5.74) is 5.50. The number of carbonyl (C=O) groups is 1. The molecule has 0 atom stereocenters. The van der Waals surface area contributed by atoms with Gasteiger partial charge in [-0.15, -0.1) is 0 Å². The molecule has 1 saturated heterocycles. The van der Waals surface area contributed by atoms with E-state index in [4.69, 9.17) is 4.74 Å². The fourth-order valence-electron chi connectivity index (χ4n) is 4.74. The van der Waals surface area contributed by atoms with Gasteiger partial charge in [0.1, 0.15) is 11.4 Å². The summed E-state index contributed by atoms with van der Waals surface area (Å²) in [5.74, 6) is 0.850. The lowest BCUT2D eigenvalue weighted by Gasteiger charge is -2.40. The van der Waals surface area contributed by atoms with Crippen LogP contribution in [0.15, 0.2) is 42.6 Å². The molecule has 5 nitrogen and oxygen atoms in total. The summed E-state index contributed by atoms with van der Waals surface area (Å²) in [6, 6.07) is 10.3. The zero-order chi connectivity index (χ0) is 21.1. The van der Waals surface area contributed by atoms with Gasteiger partial charge in [-0.1, -0.05) is 18.2 Å². The van der Waals surface area contributed by atoms with Crippen LogP contribution in [0.4, 0.5) is 0 Å². The number of aromatic nitrogens is 1. The Morgan fingerprint density at radius 1 is 1.17 bits per heavy atom. The van der Waals surface area contributed by atoms with Crippen molar-refractivity contribution in [2.24, 2.45) is 5.41 Å². The highest BCUT2D eigenvalue weighted by Gasteiger charge is 2.35. The molecule has 5 heteroatoms. The topological polar surface area (TPSA) is 54.5 Å². The molecule has 1 spiro atoms. The predicted molar refractivity (Wildman–Crippen MR) is 120 cm³/mol. The third-order valence-electron chi connectivity index (χ3n) is 6.54. The van der Waals surface area contributed by atoms with Crippen molar-refractivity contribution in [3.63, 3.8) is 0 Å². The second-order valence-electron chi connectivity index (χ2n) is 8.28. The average molecular weight is 406 g/mol. The quantitative estimate of drug-likeness (QED) is 0.819. The van der Waals surface area contributed by atoms with Crippen LogP contribution in [0, 0.1) is 5.41 Å². The van der Waals surface area contributed by atoms with Gasteiger partial charge in [0.25, 0.3) is 5.91 Å². The molecule has 0 unspecified atom stereocenters. The molecule has 1 aliphatic heterocycles. The van der Waals surface area contributed by atoms with Crippen LogP contribution >= 0.6 is 0 Å². The molecule has 2 heterocycles. The second-order valence-corrected chi connectivity index (χ2v) is 8.28. The summed E-state index contributed by atoms with van der Waals surface area (Å²) >= 11 is 0.